The SMILES string of the molecule is C[C@@H]1[C@H]2Cc3cc(N)ccc3[C@]1(C)CCN2C(=O)c1ccc2nc[nH]c2c1. The number of nitrogens with two attached hydrogens (primary N) is 1. The third-order valence-corrected chi connectivity index (χ3v) is 6.96. The minimum atomic E-state index is 0.0933. The van der Waals surface area contributed by atoms with Gasteiger partial charge in [-0.1, -0.05) is 19.9 Å². The van der Waals surface area contributed by atoms with E-state index in [9.17, 15) is 4.79 Å². The summed E-state index contributed by atoms with van der Waals surface area (Å²) in [7, 11) is 0. The van der Waals surface area contributed by atoms with Crippen molar-refractivity contribution in [2.45, 2.75) is 38.1 Å². The highest BCUT2D eigenvalue weighted by atomic mass is 16.2. The van der Waals surface area contributed by atoms with Crippen molar-refractivity contribution < 1.29 is 4.79 Å². The largest absolute Gasteiger partial charge is 0.399 e. The number of nitrogens with one attached hydrogen (secondary N) is 1. The Morgan fingerprint density at radius 3 is 3.00 bits per heavy atom. The number of benzene rings is 2. The molecule has 27 heavy (non-hydrogen) atoms. The molecule has 2 bridgehead atoms. The zero-order valence-electron chi connectivity index (χ0n) is 15.7. The molecule has 0 unspecified atom stereocenters. The Bertz CT molecular complexity index is 1060. The van der Waals surface area contributed by atoms with Crippen molar-refractivity contribution in [1.82, 2.24) is 14.9 Å². The highest BCUT2D eigenvalue weighted by molar-refractivity contribution is 5.97. The van der Waals surface area contributed by atoms with Crippen molar-refractivity contribution in [3.63, 3.8) is 0 Å². The molecule has 0 spiro atoms. The van der Waals surface area contributed by atoms with E-state index >= 15 is 0 Å². The van der Waals surface area contributed by atoms with Crippen LogP contribution in [0.15, 0.2) is 42.7 Å². The maximum absolute atomic E-state index is 13.4. The van der Waals surface area contributed by atoms with Gasteiger partial charge in [0.2, 0.25) is 0 Å². The Morgan fingerprint density at radius 2 is 2.15 bits per heavy atom. The Morgan fingerprint density at radius 1 is 1.30 bits per heavy atom. The molecular formula is C22H24N4O. The second-order valence-electron chi connectivity index (χ2n) is 8.28. The van der Waals surface area contributed by atoms with Gasteiger partial charge in [-0.05, 0) is 65.6 Å². The van der Waals surface area contributed by atoms with Crippen LogP contribution in [0.2, 0.25) is 0 Å². The number of aromatic amines is 1. The minimum Gasteiger partial charge on any atom is -0.399 e. The number of H-pyrrole nitrogens is 1. The fourth-order valence-electron chi connectivity index (χ4n) is 5.16. The summed E-state index contributed by atoms with van der Waals surface area (Å²) in [4.78, 5) is 22.8. The van der Waals surface area contributed by atoms with Crippen molar-refractivity contribution >= 4 is 22.6 Å². The smallest absolute Gasteiger partial charge is 0.254 e. The molecule has 0 radical (unpaired) electrons. The van der Waals surface area contributed by atoms with Crippen LogP contribution in [0.5, 0.6) is 0 Å². The molecule has 1 fully saturated rings. The molecule has 1 amide bonds. The van der Waals surface area contributed by atoms with Gasteiger partial charge in [0.25, 0.3) is 5.91 Å². The summed E-state index contributed by atoms with van der Waals surface area (Å²) in [5.41, 5.74) is 12.1. The maximum Gasteiger partial charge on any atom is 0.254 e. The van der Waals surface area contributed by atoms with E-state index in [4.69, 9.17) is 5.73 Å². The number of likely N-dealkylation sites (tertiary alicyclic amines) is 1. The summed E-state index contributed by atoms with van der Waals surface area (Å²) in [6.45, 7) is 5.42. The van der Waals surface area contributed by atoms with E-state index in [1.54, 1.807) is 6.33 Å². The number of nitrogen functional groups attached to an aromatic ring is 1. The molecular weight excluding hydrogens is 336 g/mol. The molecule has 1 saturated heterocycles. The van der Waals surface area contributed by atoms with Gasteiger partial charge in [0.1, 0.15) is 0 Å². The topological polar surface area (TPSA) is 75.0 Å². The summed E-state index contributed by atoms with van der Waals surface area (Å²) in [6.07, 6.45) is 3.50. The van der Waals surface area contributed by atoms with E-state index in [0.717, 1.165) is 41.7 Å². The maximum atomic E-state index is 13.4. The normalized spacial score (nSPS) is 26.8. The van der Waals surface area contributed by atoms with E-state index < -0.39 is 0 Å². The first kappa shape index (κ1) is 16.4. The fourth-order valence-corrected chi connectivity index (χ4v) is 5.16. The molecule has 3 N–H and O–H groups in total. The van der Waals surface area contributed by atoms with E-state index in [2.05, 4.69) is 40.8 Å². The van der Waals surface area contributed by atoms with Crippen LogP contribution in [0.4, 0.5) is 5.69 Å². The number of hydrogen-bond acceptors (Lipinski definition) is 3. The first-order valence-electron chi connectivity index (χ1n) is 9.60. The lowest BCUT2D eigenvalue weighted by Crippen LogP contribution is -2.59. The van der Waals surface area contributed by atoms with E-state index in [1.807, 2.05) is 24.3 Å². The molecule has 2 heterocycles. The van der Waals surface area contributed by atoms with Gasteiger partial charge in [0, 0.05) is 23.8 Å². The molecule has 2 aromatic carbocycles. The van der Waals surface area contributed by atoms with Gasteiger partial charge in [-0.3, -0.25) is 4.79 Å². The van der Waals surface area contributed by atoms with Crippen molar-refractivity contribution in [3.05, 3.63) is 59.4 Å². The Hall–Kier alpha value is -2.82. The fraction of sp³-hybridized carbons (Fsp3) is 0.364. The predicted molar refractivity (Wildman–Crippen MR) is 107 cm³/mol. The van der Waals surface area contributed by atoms with Crippen LogP contribution in [-0.2, 0) is 11.8 Å². The number of hydrogen-bond donors (Lipinski definition) is 2. The molecule has 3 atom stereocenters. The monoisotopic (exact) mass is 360 g/mol. The number of imidazole rings is 1. The molecule has 5 rings (SSSR count). The second-order valence-corrected chi connectivity index (χ2v) is 8.28. The average molecular weight is 360 g/mol. The van der Waals surface area contributed by atoms with Gasteiger partial charge in [-0.25, -0.2) is 4.98 Å². The molecule has 0 saturated carbocycles. The minimum absolute atomic E-state index is 0.0933. The third kappa shape index (κ3) is 2.30. The predicted octanol–water partition coefficient (Wildman–Crippen LogP) is 3.51. The number of carbonyl (C=O) groups is 1. The molecule has 3 aromatic rings. The zero-order valence-corrected chi connectivity index (χ0v) is 15.7. The molecule has 1 aromatic heterocycles. The van der Waals surface area contributed by atoms with Gasteiger partial charge >= 0.3 is 0 Å². The molecule has 1 aliphatic heterocycles. The van der Waals surface area contributed by atoms with Gasteiger partial charge in [0.05, 0.1) is 17.4 Å². The van der Waals surface area contributed by atoms with E-state index in [0.29, 0.717) is 5.92 Å². The van der Waals surface area contributed by atoms with Gasteiger partial charge < -0.3 is 15.6 Å². The molecule has 138 valence electrons. The van der Waals surface area contributed by atoms with Gasteiger partial charge in [0.15, 0.2) is 0 Å². The number of nitrogens with zero attached hydrogens (tertiary/aromatic N) is 2. The first-order valence-corrected chi connectivity index (χ1v) is 9.60. The second kappa shape index (κ2) is 5.59. The summed E-state index contributed by atoms with van der Waals surface area (Å²) in [6, 6.07) is 12.2. The Kier molecular flexibility index (Phi) is 3.39. The number of aromatic nitrogens is 2. The van der Waals surface area contributed by atoms with Crippen LogP contribution >= 0.6 is 0 Å². The van der Waals surface area contributed by atoms with Crippen LogP contribution in [0, 0.1) is 5.92 Å². The van der Waals surface area contributed by atoms with Crippen molar-refractivity contribution in [2.24, 2.45) is 5.92 Å². The molecule has 1 aliphatic carbocycles. The number of anilines is 1. The van der Waals surface area contributed by atoms with Crippen LogP contribution in [-0.4, -0.2) is 33.4 Å². The number of piperidine rings is 1. The number of rotatable bonds is 1. The molecule has 5 nitrogen and oxygen atoms in total. The average Bonchev–Trinajstić information content (AvgIpc) is 3.12. The van der Waals surface area contributed by atoms with Crippen molar-refractivity contribution in [2.75, 3.05) is 12.3 Å². The zero-order chi connectivity index (χ0) is 18.8. The van der Waals surface area contributed by atoms with E-state index in [-0.39, 0.29) is 17.4 Å². The Balaban J connectivity index is 1.53. The van der Waals surface area contributed by atoms with Crippen molar-refractivity contribution in [1.29, 1.82) is 0 Å². The lowest BCUT2D eigenvalue weighted by molar-refractivity contribution is 0.0251. The lowest BCUT2D eigenvalue weighted by atomic mass is 9.59. The van der Waals surface area contributed by atoms with Crippen LogP contribution in [0.3, 0.4) is 0 Å². The number of amides is 1. The van der Waals surface area contributed by atoms with Crippen molar-refractivity contribution in [3.8, 4) is 0 Å². The van der Waals surface area contributed by atoms with Crippen LogP contribution < -0.4 is 5.73 Å². The number of carbonyl (C=O) groups excluding carboxylic acids is 1. The lowest BCUT2D eigenvalue weighted by Gasteiger charge is -2.54. The summed E-state index contributed by atoms with van der Waals surface area (Å²) >= 11 is 0. The third-order valence-electron chi connectivity index (χ3n) is 6.96. The highest BCUT2D eigenvalue weighted by Crippen LogP contribution is 2.49. The summed E-state index contributed by atoms with van der Waals surface area (Å²) in [5.74, 6) is 0.514. The quantitative estimate of drug-likeness (QED) is 0.652. The summed E-state index contributed by atoms with van der Waals surface area (Å²) in [5, 5.41) is 0. The molecule has 5 heteroatoms. The number of fused-ring (bicyclic) bond motifs is 5. The molecule has 2 aliphatic rings. The van der Waals surface area contributed by atoms with E-state index in [1.165, 1.54) is 11.1 Å². The van der Waals surface area contributed by atoms with Crippen LogP contribution in [0.1, 0.15) is 41.8 Å². The highest BCUT2D eigenvalue weighted by Gasteiger charge is 2.49. The first-order chi connectivity index (χ1) is 13.0. The van der Waals surface area contributed by atoms with Crippen LogP contribution in [0.25, 0.3) is 11.0 Å². The van der Waals surface area contributed by atoms with Gasteiger partial charge in [-0.15, -0.1) is 0 Å². The summed E-state index contributed by atoms with van der Waals surface area (Å²) < 4.78 is 0. The van der Waals surface area contributed by atoms with Gasteiger partial charge in [-0.2, -0.15) is 0 Å². The Labute approximate surface area is 158 Å². The standard InChI is InChI=1S/C22H24N4O/c1-13-20-11-15-9-16(23)4-5-17(15)22(13,2)7-8-26(20)21(27)14-3-6-18-19(10-14)25-12-24-18/h3-6,9-10,12-13,20H,7-8,11,23H2,1-2H3,(H,24,25)/t13-,20-,22-/m1/s1.